The molecule has 2 N–H and O–H groups in total. The standard InChI is InChI=1S/C22H28N2O3/c1-4-16(2)20(21(25)27-3)24-22(26)23-15-19(17-11-7-5-8-12-17)18-13-9-6-10-14-18/h5-14,16,19-20H,4,15H2,1-3H3,(H2,23,24,26)/t16-,20-/m0/s1. The molecule has 0 aliphatic heterocycles. The van der Waals surface area contributed by atoms with Gasteiger partial charge in [0.25, 0.3) is 0 Å². The van der Waals surface area contributed by atoms with E-state index < -0.39 is 12.0 Å². The van der Waals surface area contributed by atoms with Gasteiger partial charge in [-0.2, -0.15) is 0 Å². The average Bonchev–Trinajstić information content (AvgIpc) is 2.72. The summed E-state index contributed by atoms with van der Waals surface area (Å²) in [6.45, 7) is 4.31. The highest BCUT2D eigenvalue weighted by Gasteiger charge is 2.27. The number of benzene rings is 2. The largest absolute Gasteiger partial charge is 0.467 e. The fraction of sp³-hybridized carbons (Fsp3) is 0.364. The Morgan fingerprint density at radius 2 is 1.48 bits per heavy atom. The monoisotopic (exact) mass is 368 g/mol. The summed E-state index contributed by atoms with van der Waals surface area (Å²) in [7, 11) is 1.33. The third-order valence-electron chi connectivity index (χ3n) is 4.83. The van der Waals surface area contributed by atoms with Crippen molar-refractivity contribution in [1.29, 1.82) is 0 Å². The van der Waals surface area contributed by atoms with Crippen LogP contribution in [0.5, 0.6) is 0 Å². The van der Waals surface area contributed by atoms with Crippen molar-refractivity contribution in [3.05, 3.63) is 71.8 Å². The third-order valence-corrected chi connectivity index (χ3v) is 4.83. The molecule has 2 atom stereocenters. The van der Waals surface area contributed by atoms with Gasteiger partial charge < -0.3 is 15.4 Å². The van der Waals surface area contributed by atoms with E-state index in [4.69, 9.17) is 4.74 Å². The first-order valence-corrected chi connectivity index (χ1v) is 9.28. The maximum absolute atomic E-state index is 12.4. The van der Waals surface area contributed by atoms with Crippen LogP contribution in [-0.4, -0.2) is 31.7 Å². The van der Waals surface area contributed by atoms with Crippen molar-refractivity contribution in [2.45, 2.75) is 32.2 Å². The number of methoxy groups -OCH3 is 1. The second-order valence-electron chi connectivity index (χ2n) is 6.61. The van der Waals surface area contributed by atoms with Crippen LogP contribution in [0.2, 0.25) is 0 Å². The Morgan fingerprint density at radius 3 is 1.93 bits per heavy atom. The number of hydrogen-bond acceptors (Lipinski definition) is 3. The minimum Gasteiger partial charge on any atom is -0.467 e. The lowest BCUT2D eigenvalue weighted by molar-refractivity contribution is -0.144. The van der Waals surface area contributed by atoms with Gasteiger partial charge in [-0.1, -0.05) is 80.9 Å². The van der Waals surface area contributed by atoms with Gasteiger partial charge in [0.1, 0.15) is 6.04 Å². The molecule has 5 heteroatoms. The Balaban J connectivity index is 2.08. The summed E-state index contributed by atoms with van der Waals surface area (Å²) in [5, 5.41) is 5.66. The van der Waals surface area contributed by atoms with Crippen molar-refractivity contribution in [1.82, 2.24) is 10.6 Å². The molecular weight excluding hydrogens is 340 g/mol. The van der Waals surface area contributed by atoms with Crippen LogP contribution in [0.3, 0.4) is 0 Å². The predicted octanol–water partition coefficient (Wildman–Crippen LogP) is 3.71. The zero-order valence-electron chi connectivity index (χ0n) is 16.1. The van der Waals surface area contributed by atoms with Crippen LogP contribution in [0.25, 0.3) is 0 Å². The molecule has 0 aliphatic carbocycles. The van der Waals surface area contributed by atoms with Gasteiger partial charge >= 0.3 is 12.0 Å². The number of esters is 1. The fourth-order valence-electron chi connectivity index (χ4n) is 2.98. The number of ether oxygens (including phenoxy) is 1. The van der Waals surface area contributed by atoms with Gasteiger partial charge in [-0.3, -0.25) is 0 Å². The first-order chi connectivity index (χ1) is 13.1. The summed E-state index contributed by atoms with van der Waals surface area (Å²) in [6.07, 6.45) is 0.761. The molecule has 0 aromatic heterocycles. The summed E-state index contributed by atoms with van der Waals surface area (Å²) >= 11 is 0. The normalized spacial score (nSPS) is 12.9. The van der Waals surface area contributed by atoms with Crippen LogP contribution in [-0.2, 0) is 9.53 Å². The van der Waals surface area contributed by atoms with Gasteiger partial charge in [-0.15, -0.1) is 0 Å². The van der Waals surface area contributed by atoms with E-state index in [1.807, 2.05) is 74.5 Å². The number of nitrogens with one attached hydrogen (secondary N) is 2. The van der Waals surface area contributed by atoms with E-state index in [1.54, 1.807) is 0 Å². The van der Waals surface area contributed by atoms with Crippen molar-refractivity contribution in [3.8, 4) is 0 Å². The number of carbonyl (C=O) groups is 2. The highest BCUT2D eigenvalue weighted by molar-refractivity contribution is 5.83. The van der Waals surface area contributed by atoms with Crippen LogP contribution in [0.1, 0.15) is 37.3 Å². The predicted molar refractivity (Wildman–Crippen MR) is 107 cm³/mol. The summed E-state index contributed by atoms with van der Waals surface area (Å²) in [4.78, 5) is 24.4. The van der Waals surface area contributed by atoms with Crippen LogP contribution in [0.4, 0.5) is 4.79 Å². The fourth-order valence-corrected chi connectivity index (χ4v) is 2.98. The molecule has 27 heavy (non-hydrogen) atoms. The molecule has 2 amide bonds. The molecular formula is C22H28N2O3. The van der Waals surface area contributed by atoms with Gasteiger partial charge in [-0.05, 0) is 17.0 Å². The summed E-state index contributed by atoms with van der Waals surface area (Å²) in [5.74, 6) is -0.414. The Morgan fingerprint density at radius 1 is 0.963 bits per heavy atom. The Labute approximate surface area is 161 Å². The zero-order valence-corrected chi connectivity index (χ0v) is 16.1. The molecule has 0 saturated carbocycles. The lowest BCUT2D eigenvalue weighted by Gasteiger charge is -2.23. The molecule has 0 radical (unpaired) electrons. The first-order valence-electron chi connectivity index (χ1n) is 9.28. The Kier molecular flexibility index (Phi) is 7.86. The molecule has 2 aromatic rings. The van der Waals surface area contributed by atoms with E-state index in [0.717, 1.165) is 17.5 Å². The maximum Gasteiger partial charge on any atom is 0.328 e. The van der Waals surface area contributed by atoms with Crippen LogP contribution >= 0.6 is 0 Å². The highest BCUT2D eigenvalue weighted by atomic mass is 16.5. The van der Waals surface area contributed by atoms with Crippen molar-refractivity contribution >= 4 is 12.0 Å². The van der Waals surface area contributed by atoms with Crippen molar-refractivity contribution in [2.75, 3.05) is 13.7 Å². The molecule has 2 rings (SSSR count). The molecule has 2 aromatic carbocycles. The number of rotatable bonds is 8. The molecule has 0 heterocycles. The molecule has 0 saturated heterocycles. The minimum absolute atomic E-state index is 0.0118. The second-order valence-corrected chi connectivity index (χ2v) is 6.61. The minimum atomic E-state index is -0.660. The second kappa shape index (κ2) is 10.4. The number of urea groups is 1. The number of amides is 2. The summed E-state index contributed by atoms with van der Waals surface area (Å²) < 4.78 is 4.82. The SMILES string of the molecule is CC[C@H](C)[C@H](NC(=O)NCC(c1ccccc1)c1ccccc1)C(=O)OC. The van der Waals surface area contributed by atoms with E-state index in [0.29, 0.717) is 6.54 Å². The van der Waals surface area contributed by atoms with Gasteiger partial charge in [0.2, 0.25) is 0 Å². The summed E-state index contributed by atoms with van der Waals surface area (Å²) in [5.41, 5.74) is 2.24. The molecule has 0 aliphatic rings. The van der Waals surface area contributed by atoms with Crippen molar-refractivity contribution in [2.24, 2.45) is 5.92 Å². The lowest BCUT2D eigenvalue weighted by Crippen LogP contribution is -2.50. The van der Waals surface area contributed by atoms with Crippen molar-refractivity contribution < 1.29 is 14.3 Å². The van der Waals surface area contributed by atoms with Crippen molar-refractivity contribution in [3.63, 3.8) is 0 Å². The van der Waals surface area contributed by atoms with E-state index in [9.17, 15) is 9.59 Å². The molecule has 0 unspecified atom stereocenters. The Hall–Kier alpha value is -2.82. The van der Waals surface area contributed by atoms with E-state index in [1.165, 1.54) is 7.11 Å². The lowest BCUT2D eigenvalue weighted by atomic mass is 9.91. The average molecular weight is 368 g/mol. The van der Waals surface area contributed by atoms with Crippen LogP contribution < -0.4 is 10.6 Å². The van der Waals surface area contributed by atoms with Gasteiger partial charge in [-0.25, -0.2) is 9.59 Å². The molecule has 0 fully saturated rings. The van der Waals surface area contributed by atoms with E-state index in [2.05, 4.69) is 10.6 Å². The number of carbonyl (C=O) groups excluding carboxylic acids is 2. The van der Waals surface area contributed by atoms with Crippen LogP contribution in [0.15, 0.2) is 60.7 Å². The Bertz CT molecular complexity index is 679. The van der Waals surface area contributed by atoms with Crippen LogP contribution in [0, 0.1) is 5.92 Å². The smallest absolute Gasteiger partial charge is 0.328 e. The quantitative estimate of drug-likeness (QED) is 0.698. The molecule has 5 nitrogen and oxygen atoms in total. The van der Waals surface area contributed by atoms with E-state index >= 15 is 0 Å². The molecule has 0 spiro atoms. The zero-order chi connectivity index (χ0) is 19.6. The molecule has 0 bridgehead atoms. The van der Waals surface area contributed by atoms with Gasteiger partial charge in [0, 0.05) is 12.5 Å². The third kappa shape index (κ3) is 5.84. The van der Waals surface area contributed by atoms with Gasteiger partial charge in [0.05, 0.1) is 7.11 Å². The maximum atomic E-state index is 12.4. The van der Waals surface area contributed by atoms with E-state index in [-0.39, 0.29) is 17.9 Å². The molecule has 144 valence electrons. The topological polar surface area (TPSA) is 67.4 Å². The number of hydrogen-bond donors (Lipinski definition) is 2. The first kappa shape index (κ1) is 20.5. The van der Waals surface area contributed by atoms with Gasteiger partial charge in [0.15, 0.2) is 0 Å². The highest BCUT2D eigenvalue weighted by Crippen LogP contribution is 2.23. The summed E-state index contributed by atoms with van der Waals surface area (Å²) in [6, 6.07) is 19.1.